The van der Waals surface area contributed by atoms with E-state index in [9.17, 15) is 9.59 Å². The average molecular weight is 453 g/mol. The van der Waals surface area contributed by atoms with Crippen LogP contribution in [0.15, 0.2) is 42.5 Å². The molecule has 1 saturated heterocycles. The third-order valence-electron chi connectivity index (χ3n) is 6.04. The van der Waals surface area contributed by atoms with E-state index in [0.717, 1.165) is 48.7 Å². The summed E-state index contributed by atoms with van der Waals surface area (Å²) in [7, 11) is 0. The maximum Gasteiger partial charge on any atom is 0.238 e. The fourth-order valence-electron chi connectivity index (χ4n) is 4.15. The van der Waals surface area contributed by atoms with Gasteiger partial charge in [-0.05, 0) is 37.1 Å². The van der Waals surface area contributed by atoms with Crippen molar-refractivity contribution in [1.29, 1.82) is 0 Å². The molecule has 0 bridgehead atoms. The fourth-order valence-corrected chi connectivity index (χ4v) is 4.15. The van der Waals surface area contributed by atoms with E-state index < -0.39 is 0 Å². The van der Waals surface area contributed by atoms with Crippen molar-refractivity contribution in [2.45, 2.75) is 20.0 Å². The van der Waals surface area contributed by atoms with E-state index in [0.29, 0.717) is 32.0 Å². The monoisotopic (exact) mass is 452 g/mol. The molecule has 2 N–H and O–H groups in total. The van der Waals surface area contributed by atoms with Crippen LogP contribution in [0.3, 0.4) is 0 Å². The zero-order valence-corrected chi connectivity index (χ0v) is 19.3. The van der Waals surface area contributed by atoms with Gasteiger partial charge in [-0.25, -0.2) is 0 Å². The summed E-state index contributed by atoms with van der Waals surface area (Å²) in [5.74, 6) is 1.41. The van der Waals surface area contributed by atoms with Crippen LogP contribution < -0.4 is 20.1 Å². The first-order chi connectivity index (χ1) is 16.0. The highest BCUT2D eigenvalue weighted by Crippen LogP contribution is 2.30. The molecular weight excluding hydrogens is 420 g/mol. The Morgan fingerprint density at radius 1 is 0.879 bits per heavy atom. The van der Waals surface area contributed by atoms with Gasteiger partial charge in [0.05, 0.1) is 19.6 Å². The van der Waals surface area contributed by atoms with E-state index in [1.54, 1.807) is 0 Å². The predicted octanol–water partition coefficient (Wildman–Crippen LogP) is 1.82. The first-order valence-electron chi connectivity index (χ1n) is 11.4. The number of carbonyl (C=O) groups excluding carboxylic acids is 2. The van der Waals surface area contributed by atoms with Crippen LogP contribution in [0.25, 0.3) is 0 Å². The summed E-state index contributed by atoms with van der Waals surface area (Å²) < 4.78 is 11.6. The Balaban J connectivity index is 1.14. The van der Waals surface area contributed by atoms with Crippen molar-refractivity contribution in [2.75, 3.05) is 57.7 Å². The number of nitrogens with zero attached hydrogens (tertiary/aromatic N) is 2. The summed E-state index contributed by atoms with van der Waals surface area (Å²) in [4.78, 5) is 29.1. The minimum absolute atomic E-state index is 0.00475. The van der Waals surface area contributed by atoms with Gasteiger partial charge in [0.25, 0.3) is 0 Å². The third kappa shape index (κ3) is 6.24. The molecule has 2 heterocycles. The van der Waals surface area contributed by atoms with E-state index in [4.69, 9.17) is 9.47 Å². The maximum absolute atomic E-state index is 12.5. The second-order valence-corrected chi connectivity index (χ2v) is 8.67. The lowest BCUT2D eigenvalue weighted by Gasteiger charge is -2.34. The van der Waals surface area contributed by atoms with E-state index in [1.807, 2.05) is 56.3 Å². The molecule has 0 unspecified atom stereocenters. The van der Waals surface area contributed by atoms with Crippen LogP contribution >= 0.6 is 0 Å². The van der Waals surface area contributed by atoms with Crippen LogP contribution in [0.1, 0.15) is 11.1 Å². The molecule has 8 nitrogen and oxygen atoms in total. The Morgan fingerprint density at radius 3 is 2.15 bits per heavy atom. The molecule has 33 heavy (non-hydrogen) atoms. The molecular formula is C25H32N4O4. The van der Waals surface area contributed by atoms with Gasteiger partial charge in [0.2, 0.25) is 11.8 Å². The SMILES string of the molecule is Cc1cccc(C)c1NC(=O)CN1CCN(CC(=O)NC[C@H]2COc3ccccc3O2)CC1. The van der Waals surface area contributed by atoms with Gasteiger partial charge < -0.3 is 20.1 Å². The molecule has 0 aromatic heterocycles. The molecule has 2 aliphatic heterocycles. The van der Waals surface area contributed by atoms with Gasteiger partial charge in [0, 0.05) is 31.9 Å². The van der Waals surface area contributed by atoms with Crippen molar-refractivity contribution in [3.63, 3.8) is 0 Å². The number of anilines is 1. The zero-order chi connectivity index (χ0) is 23.2. The number of fused-ring (bicyclic) bond motifs is 1. The highest BCUT2D eigenvalue weighted by molar-refractivity contribution is 5.93. The van der Waals surface area contributed by atoms with Gasteiger partial charge in [-0.1, -0.05) is 30.3 Å². The number of ether oxygens (including phenoxy) is 2. The van der Waals surface area contributed by atoms with Crippen molar-refractivity contribution < 1.29 is 19.1 Å². The van der Waals surface area contributed by atoms with Gasteiger partial charge in [0.1, 0.15) is 12.7 Å². The lowest BCUT2D eigenvalue weighted by Crippen LogP contribution is -2.51. The van der Waals surface area contributed by atoms with Gasteiger partial charge in [-0.15, -0.1) is 0 Å². The normalized spacial score (nSPS) is 18.5. The topological polar surface area (TPSA) is 83.1 Å². The van der Waals surface area contributed by atoms with Gasteiger partial charge in [-0.2, -0.15) is 0 Å². The number of hydrogen-bond acceptors (Lipinski definition) is 6. The second kappa shape index (κ2) is 10.7. The van der Waals surface area contributed by atoms with Crippen LogP contribution in [0, 0.1) is 13.8 Å². The van der Waals surface area contributed by atoms with E-state index in [-0.39, 0.29) is 17.9 Å². The van der Waals surface area contributed by atoms with E-state index >= 15 is 0 Å². The summed E-state index contributed by atoms with van der Waals surface area (Å²) in [6, 6.07) is 13.5. The molecule has 0 radical (unpaired) electrons. The molecule has 0 spiro atoms. The number of carbonyl (C=O) groups is 2. The standard InChI is InChI=1S/C25H32N4O4/c1-18-6-5-7-19(2)25(18)27-24(31)16-29-12-10-28(11-13-29)15-23(30)26-14-20-17-32-21-8-3-4-9-22(21)33-20/h3-9,20H,10-17H2,1-2H3,(H,26,30)(H,27,31)/t20-/m0/s1. The van der Waals surface area contributed by atoms with Gasteiger partial charge in [0.15, 0.2) is 11.5 Å². The van der Waals surface area contributed by atoms with E-state index in [1.165, 1.54) is 0 Å². The lowest BCUT2D eigenvalue weighted by molar-refractivity contribution is -0.124. The summed E-state index contributed by atoms with van der Waals surface area (Å²) >= 11 is 0. The minimum atomic E-state index is -0.198. The van der Waals surface area contributed by atoms with Gasteiger partial charge in [-0.3, -0.25) is 19.4 Å². The Kier molecular flexibility index (Phi) is 7.47. The molecule has 0 saturated carbocycles. The van der Waals surface area contributed by atoms with Crippen molar-refractivity contribution >= 4 is 17.5 Å². The number of rotatable bonds is 7. The summed E-state index contributed by atoms with van der Waals surface area (Å²) in [6.45, 7) is 8.53. The molecule has 2 aromatic carbocycles. The molecule has 2 aromatic rings. The highest BCUT2D eigenvalue weighted by Gasteiger charge is 2.23. The zero-order valence-electron chi connectivity index (χ0n) is 19.3. The van der Waals surface area contributed by atoms with Crippen molar-refractivity contribution in [2.24, 2.45) is 0 Å². The van der Waals surface area contributed by atoms with Crippen LogP contribution in [0.2, 0.25) is 0 Å². The summed E-state index contributed by atoms with van der Waals surface area (Å²) in [5.41, 5.74) is 3.02. The summed E-state index contributed by atoms with van der Waals surface area (Å²) in [6.07, 6.45) is -0.198. The Morgan fingerprint density at radius 2 is 1.48 bits per heavy atom. The Labute approximate surface area is 194 Å². The molecule has 0 aliphatic carbocycles. The number of piperazine rings is 1. The largest absolute Gasteiger partial charge is 0.486 e. The Hall–Kier alpha value is -3.10. The quantitative estimate of drug-likeness (QED) is 0.667. The number of para-hydroxylation sites is 3. The first-order valence-corrected chi connectivity index (χ1v) is 11.4. The molecule has 8 heteroatoms. The first kappa shape index (κ1) is 23.1. The van der Waals surface area contributed by atoms with E-state index in [2.05, 4.69) is 20.4 Å². The number of aryl methyl sites for hydroxylation is 2. The van der Waals surface area contributed by atoms with Gasteiger partial charge >= 0.3 is 0 Å². The molecule has 2 amide bonds. The molecule has 4 rings (SSSR count). The predicted molar refractivity (Wildman–Crippen MR) is 127 cm³/mol. The second-order valence-electron chi connectivity index (χ2n) is 8.67. The highest BCUT2D eigenvalue weighted by atomic mass is 16.6. The number of amides is 2. The van der Waals surface area contributed by atoms with Crippen molar-refractivity contribution in [3.8, 4) is 11.5 Å². The molecule has 176 valence electrons. The molecule has 1 atom stereocenters. The van der Waals surface area contributed by atoms with Crippen LogP contribution in [-0.2, 0) is 9.59 Å². The fraction of sp³-hybridized carbons (Fsp3) is 0.440. The van der Waals surface area contributed by atoms with Crippen LogP contribution in [0.4, 0.5) is 5.69 Å². The lowest BCUT2D eigenvalue weighted by atomic mass is 10.1. The van der Waals surface area contributed by atoms with Crippen LogP contribution in [0.5, 0.6) is 11.5 Å². The van der Waals surface area contributed by atoms with Crippen molar-refractivity contribution in [1.82, 2.24) is 15.1 Å². The van der Waals surface area contributed by atoms with Crippen molar-refractivity contribution in [3.05, 3.63) is 53.6 Å². The molecule has 1 fully saturated rings. The smallest absolute Gasteiger partial charge is 0.238 e. The number of nitrogens with one attached hydrogen (secondary N) is 2. The number of hydrogen-bond donors (Lipinski definition) is 2. The van der Waals surface area contributed by atoms with Crippen LogP contribution in [-0.4, -0.2) is 80.1 Å². The third-order valence-corrected chi connectivity index (χ3v) is 6.04. The molecule has 2 aliphatic rings. The maximum atomic E-state index is 12.5. The summed E-state index contributed by atoms with van der Waals surface area (Å²) in [5, 5.41) is 5.99. The number of benzene rings is 2. The average Bonchev–Trinajstić information content (AvgIpc) is 2.81. The Bertz CT molecular complexity index is 968. The minimum Gasteiger partial charge on any atom is -0.486 e.